The Labute approximate surface area is 118 Å². The Kier molecular flexibility index (Phi) is 3.18. The molecule has 0 N–H and O–H groups in total. The highest BCUT2D eigenvalue weighted by molar-refractivity contribution is 7.88. The van der Waals surface area contributed by atoms with Gasteiger partial charge >= 0.3 is 0 Å². The van der Waals surface area contributed by atoms with Crippen LogP contribution in [-0.4, -0.2) is 49.6 Å². The maximum absolute atomic E-state index is 11.7. The monoisotopic (exact) mass is 295 g/mol. The minimum Gasteiger partial charge on any atom is -0.464 e. The summed E-state index contributed by atoms with van der Waals surface area (Å²) in [5.74, 6) is 0.858. The van der Waals surface area contributed by atoms with Crippen LogP contribution < -0.4 is 4.90 Å². The summed E-state index contributed by atoms with van der Waals surface area (Å²) in [5.41, 5.74) is 0.799. The van der Waals surface area contributed by atoms with E-state index in [0.717, 1.165) is 16.8 Å². The molecule has 0 unspecified atom stereocenters. The average molecular weight is 295 g/mol. The number of furan rings is 1. The van der Waals surface area contributed by atoms with Gasteiger partial charge in [0, 0.05) is 31.9 Å². The molecule has 1 fully saturated rings. The molecule has 0 saturated carbocycles. The van der Waals surface area contributed by atoms with E-state index in [4.69, 9.17) is 4.42 Å². The third-order valence-electron chi connectivity index (χ3n) is 3.65. The fourth-order valence-corrected chi connectivity index (χ4v) is 3.89. The van der Waals surface area contributed by atoms with E-state index >= 15 is 0 Å². The molecule has 0 spiro atoms. The minimum atomic E-state index is -3.14. The second-order valence-corrected chi connectivity index (χ2v) is 7.07. The van der Waals surface area contributed by atoms with Gasteiger partial charge in [0.1, 0.15) is 11.4 Å². The van der Waals surface area contributed by atoms with E-state index in [1.807, 2.05) is 19.1 Å². The Morgan fingerprint density at radius 2 is 2.15 bits per heavy atom. The summed E-state index contributed by atoms with van der Waals surface area (Å²) >= 11 is 0. The van der Waals surface area contributed by atoms with Crippen molar-refractivity contribution in [1.82, 2.24) is 9.29 Å². The zero-order chi connectivity index (χ0) is 14.3. The Hall–Kier alpha value is -1.60. The van der Waals surface area contributed by atoms with Crippen LogP contribution in [0.5, 0.6) is 0 Å². The van der Waals surface area contributed by atoms with Gasteiger partial charge in [0.2, 0.25) is 10.0 Å². The first-order valence-corrected chi connectivity index (χ1v) is 8.35. The first-order chi connectivity index (χ1) is 9.47. The highest BCUT2D eigenvalue weighted by Gasteiger charge is 2.30. The summed E-state index contributed by atoms with van der Waals surface area (Å²) in [5, 5.41) is 0.965. The van der Waals surface area contributed by atoms with E-state index in [0.29, 0.717) is 19.6 Å². The van der Waals surface area contributed by atoms with E-state index < -0.39 is 10.0 Å². The quantitative estimate of drug-likeness (QED) is 0.835. The molecule has 0 aromatic carbocycles. The van der Waals surface area contributed by atoms with Gasteiger partial charge in [-0.3, -0.25) is 0 Å². The van der Waals surface area contributed by atoms with Crippen molar-refractivity contribution in [3.8, 4) is 0 Å². The Balaban J connectivity index is 1.89. The number of anilines is 1. The van der Waals surface area contributed by atoms with Crippen molar-refractivity contribution in [2.45, 2.75) is 13.0 Å². The van der Waals surface area contributed by atoms with Crippen LogP contribution in [0.4, 0.5) is 5.82 Å². The van der Waals surface area contributed by atoms with Crippen molar-refractivity contribution in [2.75, 3.05) is 30.8 Å². The van der Waals surface area contributed by atoms with Gasteiger partial charge in [-0.15, -0.1) is 0 Å². The molecular weight excluding hydrogens is 278 g/mol. The fraction of sp³-hybridized carbons (Fsp3) is 0.462. The number of rotatable bonds is 2. The molecule has 1 aliphatic rings. The van der Waals surface area contributed by atoms with Crippen molar-refractivity contribution < 1.29 is 12.8 Å². The first kappa shape index (κ1) is 13.4. The summed E-state index contributed by atoms with van der Waals surface area (Å²) in [4.78, 5) is 6.54. The first-order valence-electron chi connectivity index (χ1n) is 6.51. The van der Waals surface area contributed by atoms with E-state index in [9.17, 15) is 8.42 Å². The van der Waals surface area contributed by atoms with Crippen LogP contribution >= 0.6 is 0 Å². The van der Waals surface area contributed by atoms with Crippen LogP contribution in [-0.2, 0) is 10.0 Å². The maximum atomic E-state index is 11.7. The van der Waals surface area contributed by atoms with Gasteiger partial charge in [-0.2, -0.15) is 4.31 Å². The third kappa shape index (κ3) is 2.27. The van der Waals surface area contributed by atoms with Gasteiger partial charge in [0.15, 0.2) is 0 Å². The van der Waals surface area contributed by atoms with Crippen LogP contribution in [0.3, 0.4) is 0 Å². The lowest BCUT2D eigenvalue weighted by Crippen LogP contribution is -2.53. The standard InChI is InChI=1S/C13H17N3O3S/c1-10-9-15(6-7-16(10)20(2,17)18)13-11-4-8-19-12(11)3-5-14-13/h3-5,8,10H,6-7,9H2,1-2H3/t10-/m0/s1. The molecule has 0 bridgehead atoms. The lowest BCUT2D eigenvalue weighted by Gasteiger charge is -2.39. The number of hydrogen-bond acceptors (Lipinski definition) is 5. The topological polar surface area (TPSA) is 66.7 Å². The number of aromatic nitrogens is 1. The second kappa shape index (κ2) is 4.75. The lowest BCUT2D eigenvalue weighted by atomic mass is 10.2. The largest absolute Gasteiger partial charge is 0.464 e. The minimum absolute atomic E-state index is 0.0669. The number of nitrogens with zero attached hydrogens (tertiary/aromatic N) is 3. The average Bonchev–Trinajstić information content (AvgIpc) is 2.85. The maximum Gasteiger partial charge on any atom is 0.211 e. The molecule has 2 aromatic heterocycles. The van der Waals surface area contributed by atoms with Gasteiger partial charge < -0.3 is 9.32 Å². The van der Waals surface area contributed by atoms with Gasteiger partial charge in [-0.1, -0.05) is 0 Å². The summed E-state index contributed by atoms with van der Waals surface area (Å²) in [6.07, 6.45) is 4.62. The number of sulfonamides is 1. The van der Waals surface area contributed by atoms with Crippen molar-refractivity contribution in [3.63, 3.8) is 0 Å². The van der Waals surface area contributed by atoms with E-state index in [1.54, 1.807) is 16.8 Å². The summed E-state index contributed by atoms with van der Waals surface area (Å²) in [6.45, 7) is 3.66. The summed E-state index contributed by atoms with van der Waals surface area (Å²) in [6, 6.07) is 3.66. The van der Waals surface area contributed by atoms with Crippen LogP contribution in [0, 0.1) is 0 Å². The summed E-state index contributed by atoms with van der Waals surface area (Å²) in [7, 11) is -3.14. The number of hydrogen-bond donors (Lipinski definition) is 0. The molecule has 0 radical (unpaired) electrons. The molecule has 1 saturated heterocycles. The molecule has 0 aliphatic carbocycles. The summed E-state index contributed by atoms with van der Waals surface area (Å²) < 4.78 is 30.3. The zero-order valence-corrected chi connectivity index (χ0v) is 12.3. The molecule has 0 amide bonds. The van der Waals surface area contributed by atoms with Gasteiger partial charge in [0.25, 0.3) is 0 Å². The Morgan fingerprint density at radius 1 is 1.35 bits per heavy atom. The van der Waals surface area contributed by atoms with Gasteiger partial charge in [-0.25, -0.2) is 13.4 Å². The molecule has 1 aliphatic heterocycles. The molecule has 20 heavy (non-hydrogen) atoms. The fourth-order valence-electron chi connectivity index (χ4n) is 2.76. The predicted octanol–water partition coefficient (Wildman–Crippen LogP) is 1.30. The molecular formula is C13H17N3O3S. The molecule has 2 aromatic rings. The van der Waals surface area contributed by atoms with Gasteiger partial charge in [0.05, 0.1) is 17.9 Å². The molecule has 108 valence electrons. The number of fused-ring (bicyclic) bond motifs is 1. The van der Waals surface area contributed by atoms with Crippen molar-refractivity contribution in [2.24, 2.45) is 0 Å². The van der Waals surface area contributed by atoms with Crippen molar-refractivity contribution in [1.29, 1.82) is 0 Å². The molecule has 1 atom stereocenters. The van der Waals surface area contributed by atoms with Crippen LogP contribution in [0.25, 0.3) is 11.0 Å². The SMILES string of the molecule is C[C@H]1CN(c2nccc3occc23)CCN1S(C)(=O)=O. The third-order valence-corrected chi connectivity index (χ3v) is 5.05. The highest BCUT2D eigenvalue weighted by Crippen LogP contribution is 2.27. The van der Waals surface area contributed by atoms with E-state index in [2.05, 4.69) is 9.88 Å². The van der Waals surface area contributed by atoms with E-state index in [-0.39, 0.29) is 6.04 Å². The lowest BCUT2D eigenvalue weighted by molar-refractivity contribution is 0.308. The molecule has 6 nitrogen and oxygen atoms in total. The zero-order valence-electron chi connectivity index (χ0n) is 11.5. The normalized spacial score (nSPS) is 21.5. The van der Waals surface area contributed by atoms with Crippen LogP contribution in [0.15, 0.2) is 29.0 Å². The number of pyridine rings is 1. The molecule has 3 rings (SSSR count). The van der Waals surface area contributed by atoms with Crippen LogP contribution in [0.2, 0.25) is 0 Å². The van der Waals surface area contributed by atoms with Crippen LogP contribution in [0.1, 0.15) is 6.92 Å². The smallest absolute Gasteiger partial charge is 0.211 e. The molecule has 3 heterocycles. The van der Waals surface area contributed by atoms with Gasteiger partial charge in [-0.05, 0) is 19.1 Å². The predicted molar refractivity (Wildman–Crippen MR) is 77.2 cm³/mol. The highest BCUT2D eigenvalue weighted by atomic mass is 32.2. The number of piperazine rings is 1. The molecule has 7 heteroatoms. The second-order valence-electron chi connectivity index (χ2n) is 5.14. The van der Waals surface area contributed by atoms with Crippen molar-refractivity contribution in [3.05, 3.63) is 24.6 Å². The van der Waals surface area contributed by atoms with E-state index in [1.165, 1.54) is 6.26 Å². The Bertz CT molecular complexity index is 725. The van der Waals surface area contributed by atoms with Crippen molar-refractivity contribution >= 4 is 26.8 Å². The Morgan fingerprint density at radius 3 is 2.85 bits per heavy atom.